The number of pyridine rings is 3. The fraction of sp³-hybridized carbons (Fsp3) is 0.235. The molecule has 0 saturated heterocycles. The van der Waals surface area contributed by atoms with Crippen LogP contribution in [0.5, 0.6) is 23.1 Å². The molecule has 1 aliphatic carbocycles. The minimum absolute atomic E-state index is 0.0931. The third kappa shape index (κ3) is 5.85. The third-order valence-electron chi connectivity index (χ3n) is 8.09. The normalized spacial score (nSPS) is 13.2. The third-order valence-corrected chi connectivity index (χ3v) is 8.38. The molecule has 236 valence electrons. The number of hydrogen-bond acceptors (Lipinski definition) is 7. The van der Waals surface area contributed by atoms with Gasteiger partial charge in [-0.3, -0.25) is 14.6 Å². The second kappa shape index (κ2) is 12.8. The summed E-state index contributed by atoms with van der Waals surface area (Å²) in [5, 5.41) is 2.50. The van der Waals surface area contributed by atoms with Gasteiger partial charge in [-0.15, -0.1) is 0 Å². The lowest BCUT2D eigenvalue weighted by Gasteiger charge is -2.22. The Balaban J connectivity index is 1.31. The Hall–Kier alpha value is -5.03. The number of aromatic nitrogens is 3. The van der Waals surface area contributed by atoms with Gasteiger partial charge in [0.05, 0.1) is 24.8 Å². The maximum atomic E-state index is 15.3. The Kier molecular flexibility index (Phi) is 8.59. The van der Waals surface area contributed by atoms with Crippen LogP contribution >= 0.6 is 11.6 Å². The smallest absolute Gasteiger partial charge is 0.261 e. The van der Waals surface area contributed by atoms with E-state index >= 15 is 4.39 Å². The molecule has 12 heteroatoms. The Morgan fingerprint density at radius 2 is 1.76 bits per heavy atom. The van der Waals surface area contributed by atoms with E-state index in [1.807, 2.05) is 4.57 Å². The van der Waals surface area contributed by atoms with Gasteiger partial charge >= 0.3 is 0 Å². The number of nitrogens with zero attached hydrogens (tertiary/aromatic N) is 3. The average Bonchev–Trinajstić information content (AvgIpc) is 3.58. The van der Waals surface area contributed by atoms with Gasteiger partial charge in [0.25, 0.3) is 11.8 Å². The number of hydrogen-bond donors (Lipinski definition) is 1. The van der Waals surface area contributed by atoms with Crippen molar-refractivity contribution in [2.45, 2.75) is 38.6 Å². The van der Waals surface area contributed by atoms with Gasteiger partial charge in [0.15, 0.2) is 23.1 Å². The molecule has 9 nitrogen and oxygen atoms in total. The van der Waals surface area contributed by atoms with Crippen LogP contribution < -0.4 is 25.0 Å². The Morgan fingerprint density at radius 3 is 2.46 bits per heavy atom. The number of benzene rings is 2. The van der Waals surface area contributed by atoms with Crippen LogP contribution in [0.15, 0.2) is 65.7 Å². The SMILES string of the molecule is COc1cc2nccc(Oc3ccc(NC(=O)c4cn(C5CCCC5)c(C)c(-c5ccc(F)c(Cl)c5)c4=O)cc3F)c2nc1OC. The molecule has 0 spiro atoms. The maximum Gasteiger partial charge on any atom is 0.261 e. The van der Waals surface area contributed by atoms with E-state index in [4.69, 9.17) is 25.8 Å². The number of anilines is 1. The van der Waals surface area contributed by atoms with E-state index in [0.29, 0.717) is 28.0 Å². The molecule has 3 heterocycles. The van der Waals surface area contributed by atoms with Crippen LogP contribution in [0.25, 0.3) is 22.2 Å². The Bertz CT molecular complexity index is 2050. The number of halogens is 3. The first kappa shape index (κ1) is 31.0. The minimum Gasteiger partial charge on any atom is -0.491 e. The monoisotopic (exact) mass is 646 g/mol. The summed E-state index contributed by atoms with van der Waals surface area (Å²) in [7, 11) is 2.92. The van der Waals surface area contributed by atoms with Gasteiger partial charge in [0.2, 0.25) is 5.43 Å². The summed E-state index contributed by atoms with van der Waals surface area (Å²) in [5.74, 6) is -1.42. The predicted octanol–water partition coefficient (Wildman–Crippen LogP) is 7.88. The molecule has 2 aromatic carbocycles. The highest BCUT2D eigenvalue weighted by molar-refractivity contribution is 6.31. The molecule has 0 radical (unpaired) electrons. The molecule has 46 heavy (non-hydrogen) atoms. The van der Waals surface area contributed by atoms with E-state index in [1.165, 1.54) is 56.8 Å². The zero-order valence-corrected chi connectivity index (χ0v) is 26.0. The molecule has 1 aliphatic rings. The van der Waals surface area contributed by atoms with E-state index in [0.717, 1.165) is 31.7 Å². The molecule has 0 atom stereocenters. The van der Waals surface area contributed by atoms with Crippen LogP contribution in [0.1, 0.15) is 47.8 Å². The number of methoxy groups -OCH3 is 2. The van der Waals surface area contributed by atoms with Crippen molar-refractivity contribution in [3.8, 4) is 34.3 Å². The zero-order valence-electron chi connectivity index (χ0n) is 25.2. The first-order valence-electron chi connectivity index (χ1n) is 14.6. The van der Waals surface area contributed by atoms with Crippen LogP contribution in [-0.4, -0.2) is 34.7 Å². The standard InChI is InChI=1S/C34H29ClF2N4O5/c1-18-30(19-8-10-24(36)23(35)14-19)32(42)22(17-41(18)21-6-4-5-7-21)33(43)39-20-9-11-27(25(37)15-20)46-28-12-13-38-26-16-29(44-2)34(45-3)40-31(26)28/h8-17,21H,4-7H2,1-3H3,(H,39,43). The van der Waals surface area contributed by atoms with Gasteiger partial charge in [-0.2, -0.15) is 0 Å². The molecule has 1 saturated carbocycles. The van der Waals surface area contributed by atoms with Gasteiger partial charge in [0, 0.05) is 53.6 Å². The summed E-state index contributed by atoms with van der Waals surface area (Å²) in [6.07, 6.45) is 6.88. The van der Waals surface area contributed by atoms with Gasteiger partial charge in [-0.25, -0.2) is 13.8 Å². The fourth-order valence-corrected chi connectivity index (χ4v) is 5.98. The summed E-state index contributed by atoms with van der Waals surface area (Å²) in [4.78, 5) is 36.0. The second-order valence-electron chi connectivity index (χ2n) is 10.9. The highest BCUT2D eigenvalue weighted by atomic mass is 35.5. The molecular formula is C34H29ClF2N4O5. The molecule has 0 unspecified atom stereocenters. The summed E-state index contributed by atoms with van der Waals surface area (Å²) in [5.41, 5.74) is 1.51. The van der Waals surface area contributed by atoms with Crippen molar-refractivity contribution in [2.75, 3.05) is 19.5 Å². The molecular weight excluding hydrogens is 618 g/mol. The van der Waals surface area contributed by atoms with Crippen molar-refractivity contribution in [3.05, 3.63) is 99.1 Å². The molecule has 0 aliphatic heterocycles. The molecule has 0 bridgehead atoms. The van der Waals surface area contributed by atoms with Crippen molar-refractivity contribution in [1.29, 1.82) is 0 Å². The van der Waals surface area contributed by atoms with Crippen LogP contribution in [0.2, 0.25) is 5.02 Å². The summed E-state index contributed by atoms with van der Waals surface area (Å²) < 4.78 is 47.7. The van der Waals surface area contributed by atoms with Crippen molar-refractivity contribution in [1.82, 2.24) is 14.5 Å². The van der Waals surface area contributed by atoms with Crippen LogP contribution in [0.4, 0.5) is 14.5 Å². The van der Waals surface area contributed by atoms with Crippen LogP contribution in [0, 0.1) is 18.6 Å². The number of nitrogens with one attached hydrogen (secondary N) is 1. The summed E-state index contributed by atoms with van der Waals surface area (Å²) in [6, 6.07) is 11.2. The van der Waals surface area contributed by atoms with Crippen LogP contribution in [0.3, 0.4) is 0 Å². The largest absolute Gasteiger partial charge is 0.491 e. The molecule has 1 amide bonds. The van der Waals surface area contributed by atoms with Gasteiger partial charge in [-0.05, 0) is 49.6 Å². The fourth-order valence-electron chi connectivity index (χ4n) is 5.80. The van der Waals surface area contributed by atoms with Gasteiger partial charge < -0.3 is 24.1 Å². The minimum atomic E-state index is -0.767. The Labute approximate surface area is 267 Å². The molecule has 1 fully saturated rings. The number of carbonyl (C=O) groups is 1. The predicted molar refractivity (Wildman–Crippen MR) is 170 cm³/mol. The average molecular weight is 647 g/mol. The van der Waals surface area contributed by atoms with Gasteiger partial charge in [0.1, 0.15) is 16.9 Å². The van der Waals surface area contributed by atoms with E-state index in [-0.39, 0.29) is 45.3 Å². The lowest BCUT2D eigenvalue weighted by Crippen LogP contribution is -2.27. The number of fused-ring (bicyclic) bond motifs is 1. The quantitative estimate of drug-likeness (QED) is 0.183. The molecule has 1 N–H and O–H groups in total. The van der Waals surface area contributed by atoms with E-state index < -0.39 is 23.0 Å². The lowest BCUT2D eigenvalue weighted by atomic mass is 9.99. The molecule has 6 rings (SSSR count). The number of rotatable bonds is 8. The number of carbonyl (C=O) groups excluding carboxylic acids is 1. The summed E-state index contributed by atoms with van der Waals surface area (Å²) >= 11 is 6.05. The van der Waals surface area contributed by atoms with Crippen molar-refractivity contribution in [2.24, 2.45) is 0 Å². The highest BCUT2D eigenvalue weighted by Crippen LogP contribution is 2.36. The van der Waals surface area contributed by atoms with Crippen molar-refractivity contribution < 1.29 is 27.8 Å². The van der Waals surface area contributed by atoms with Crippen molar-refractivity contribution in [3.63, 3.8) is 0 Å². The van der Waals surface area contributed by atoms with E-state index in [1.54, 1.807) is 19.2 Å². The molecule has 5 aromatic rings. The highest BCUT2D eigenvalue weighted by Gasteiger charge is 2.25. The first-order valence-corrected chi connectivity index (χ1v) is 14.9. The van der Waals surface area contributed by atoms with E-state index in [2.05, 4.69) is 15.3 Å². The zero-order chi connectivity index (χ0) is 32.5. The maximum absolute atomic E-state index is 15.3. The van der Waals surface area contributed by atoms with Gasteiger partial charge in [-0.1, -0.05) is 30.5 Å². The van der Waals surface area contributed by atoms with Crippen LogP contribution in [-0.2, 0) is 0 Å². The van der Waals surface area contributed by atoms with E-state index in [9.17, 15) is 14.0 Å². The first-order chi connectivity index (χ1) is 22.2. The lowest BCUT2D eigenvalue weighted by molar-refractivity contribution is 0.102. The Morgan fingerprint density at radius 1 is 0.978 bits per heavy atom. The second-order valence-corrected chi connectivity index (χ2v) is 11.3. The number of ether oxygens (including phenoxy) is 3. The topological polar surface area (TPSA) is 105 Å². The number of amides is 1. The summed E-state index contributed by atoms with van der Waals surface area (Å²) in [6.45, 7) is 1.80. The van der Waals surface area contributed by atoms with Crippen molar-refractivity contribution >= 4 is 34.2 Å². The molecule has 3 aromatic heterocycles.